The van der Waals surface area contributed by atoms with E-state index in [0.717, 1.165) is 6.07 Å². The van der Waals surface area contributed by atoms with Crippen molar-refractivity contribution in [1.82, 2.24) is 0 Å². The molecule has 0 spiro atoms. The van der Waals surface area contributed by atoms with E-state index >= 15 is 0 Å². The third-order valence-electron chi connectivity index (χ3n) is 2.29. The van der Waals surface area contributed by atoms with E-state index in [0.29, 0.717) is 0 Å². The summed E-state index contributed by atoms with van der Waals surface area (Å²) in [6.07, 6.45) is -0.606. The van der Waals surface area contributed by atoms with Crippen molar-refractivity contribution in [2.45, 2.75) is 20.3 Å². The lowest BCUT2D eigenvalue weighted by molar-refractivity contribution is -0.141. The van der Waals surface area contributed by atoms with E-state index in [1.807, 2.05) is 0 Å². The number of ether oxygens (including phenoxy) is 1. The van der Waals surface area contributed by atoms with Gasteiger partial charge in [0.15, 0.2) is 5.78 Å². The maximum absolute atomic E-state index is 13.8. The molecule has 18 heavy (non-hydrogen) atoms. The largest absolute Gasteiger partial charge is 0.466 e. The van der Waals surface area contributed by atoms with Crippen molar-refractivity contribution < 1.29 is 23.1 Å². The number of esters is 1. The maximum atomic E-state index is 13.8. The van der Waals surface area contributed by atoms with Crippen LogP contribution in [0, 0.1) is 18.6 Å². The summed E-state index contributed by atoms with van der Waals surface area (Å²) < 4.78 is 31.7. The number of halogens is 3. The highest BCUT2D eigenvalue weighted by atomic mass is 79.9. The molecule has 0 saturated heterocycles. The lowest BCUT2D eigenvalue weighted by atomic mass is 10.0. The van der Waals surface area contributed by atoms with Gasteiger partial charge in [0.05, 0.1) is 16.6 Å². The zero-order chi connectivity index (χ0) is 13.9. The first-order valence-electron chi connectivity index (χ1n) is 5.21. The standard InChI is InChI=1S/C12H11BrF2O3/c1-3-18-10(17)5-9(16)7-4-8(14)11(13)6(2)12(7)15/h4H,3,5H2,1-2H3. The second-order valence-electron chi connectivity index (χ2n) is 3.56. The molecule has 0 heterocycles. The topological polar surface area (TPSA) is 43.4 Å². The predicted octanol–water partition coefficient (Wildman–Crippen LogP) is 3.17. The summed E-state index contributed by atoms with van der Waals surface area (Å²) in [5.41, 5.74) is -0.455. The molecule has 0 radical (unpaired) electrons. The van der Waals surface area contributed by atoms with Crippen molar-refractivity contribution in [3.63, 3.8) is 0 Å². The summed E-state index contributed by atoms with van der Waals surface area (Å²) in [5.74, 6) is -3.15. The minimum Gasteiger partial charge on any atom is -0.466 e. The Morgan fingerprint density at radius 3 is 2.56 bits per heavy atom. The maximum Gasteiger partial charge on any atom is 0.313 e. The third-order valence-corrected chi connectivity index (χ3v) is 3.26. The molecule has 1 aromatic rings. The van der Waals surface area contributed by atoms with Crippen LogP contribution in [0.15, 0.2) is 10.5 Å². The number of ketones is 1. The van der Waals surface area contributed by atoms with Crippen molar-refractivity contribution >= 4 is 27.7 Å². The molecule has 1 rings (SSSR count). The second kappa shape index (κ2) is 6.04. The average molecular weight is 321 g/mol. The van der Waals surface area contributed by atoms with Gasteiger partial charge >= 0.3 is 5.97 Å². The van der Waals surface area contributed by atoms with Gasteiger partial charge in [-0.2, -0.15) is 0 Å². The Labute approximate surface area is 111 Å². The van der Waals surface area contributed by atoms with Crippen molar-refractivity contribution in [2.24, 2.45) is 0 Å². The van der Waals surface area contributed by atoms with E-state index in [2.05, 4.69) is 20.7 Å². The highest BCUT2D eigenvalue weighted by Crippen LogP contribution is 2.26. The van der Waals surface area contributed by atoms with Crippen LogP contribution in [0.25, 0.3) is 0 Å². The Morgan fingerprint density at radius 2 is 2.00 bits per heavy atom. The molecular weight excluding hydrogens is 310 g/mol. The molecule has 0 aliphatic rings. The predicted molar refractivity (Wildman–Crippen MR) is 64.4 cm³/mol. The Kier molecular flexibility index (Phi) is 4.95. The van der Waals surface area contributed by atoms with Gasteiger partial charge in [0.25, 0.3) is 0 Å². The van der Waals surface area contributed by atoms with E-state index in [-0.39, 0.29) is 16.6 Å². The Bertz CT molecular complexity index is 501. The van der Waals surface area contributed by atoms with Gasteiger partial charge in [-0.15, -0.1) is 0 Å². The fourth-order valence-electron chi connectivity index (χ4n) is 1.37. The first kappa shape index (κ1) is 14.8. The van der Waals surface area contributed by atoms with Crippen LogP contribution in [0.2, 0.25) is 0 Å². The molecule has 0 fully saturated rings. The number of carbonyl (C=O) groups excluding carboxylic acids is 2. The average Bonchev–Trinajstić information content (AvgIpc) is 2.31. The van der Waals surface area contributed by atoms with Crippen LogP contribution in [0.1, 0.15) is 29.3 Å². The van der Waals surface area contributed by atoms with Crippen LogP contribution in [-0.2, 0) is 9.53 Å². The van der Waals surface area contributed by atoms with Crippen molar-refractivity contribution in [3.8, 4) is 0 Å². The quantitative estimate of drug-likeness (QED) is 0.370. The summed E-state index contributed by atoms with van der Waals surface area (Å²) in [7, 11) is 0. The molecule has 0 amide bonds. The zero-order valence-electron chi connectivity index (χ0n) is 9.85. The smallest absolute Gasteiger partial charge is 0.313 e. The first-order chi connectivity index (χ1) is 8.38. The van der Waals surface area contributed by atoms with Gasteiger partial charge in [-0.1, -0.05) is 0 Å². The van der Waals surface area contributed by atoms with Crippen molar-refractivity contribution in [2.75, 3.05) is 6.61 Å². The molecule has 0 unspecified atom stereocenters. The summed E-state index contributed by atoms with van der Waals surface area (Å²) in [4.78, 5) is 22.8. The third kappa shape index (κ3) is 3.13. The van der Waals surface area contributed by atoms with E-state index in [4.69, 9.17) is 0 Å². The highest BCUT2D eigenvalue weighted by Gasteiger charge is 2.21. The summed E-state index contributed by atoms with van der Waals surface area (Å²) in [6, 6.07) is 0.772. The first-order valence-corrected chi connectivity index (χ1v) is 6.00. The van der Waals surface area contributed by atoms with Gasteiger partial charge in [0.2, 0.25) is 0 Å². The highest BCUT2D eigenvalue weighted by molar-refractivity contribution is 9.10. The van der Waals surface area contributed by atoms with Crippen LogP contribution in [0.5, 0.6) is 0 Å². The fourth-order valence-corrected chi connectivity index (χ4v) is 1.66. The lowest BCUT2D eigenvalue weighted by Crippen LogP contribution is -2.13. The second-order valence-corrected chi connectivity index (χ2v) is 4.36. The monoisotopic (exact) mass is 320 g/mol. The Morgan fingerprint density at radius 1 is 1.39 bits per heavy atom. The van der Waals surface area contributed by atoms with E-state index in [1.165, 1.54) is 6.92 Å². The van der Waals surface area contributed by atoms with Crippen LogP contribution in [0.4, 0.5) is 8.78 Å². The Balaban J connectivity index is 3.04. The molecule has 3 nitrogen and oxygen atoms in total. The molecular formula is C12H11BrF2O3. The Hall–Kier alpha value is -1.30. The van der Waals surface area contributed by atoms with Gasteiger partial charge in [-0.3, -0.25) is 9.59 Å². The minimum absolute atomic E-state index is 0.0118. The van der Waals surface area contributed by atoms with E-state index in [9.17, 15) is 18.4 Å². The summed E-state index contributed by atoms with van der Waals surface area (Å²) in [5, 5.41) is 0. The minimum atomic E-state index is -0.836. The van der Waals surface area contributed by atoms with Gasteiger partial charge in [0.1, 0.15) is 18.1 Å². The number of benzene rings is 1. The van der Waals surface area contributed by atoms with Gasteiger partial charge in [-0.25, -0.2) is 8.78 Å². The molecule has 6 heteroatoms. The number of hydrogen-bond donors (Lipinski definition) is 0. The van der Waals surface area contributed by atoms with Gasteiger partial charge < -0.3 is 4.74 Å². The number of rotatable bonds is 4. The molecule has 0 aliphatic heterocycles. The summed E-state index contributed by atoms with van der Waals surface area (Å²) >= 11 is 2.87. The molecule has 0 N–H and O–H groups in total. The number of Topliss-reactive ketones (excluding diaryl/α,β-unsaturated/α-hetero) is 1. The fraction of sp³-hybridized carbons (Fsp3) is 0.333. The van der Waals surface area contributed by atoms with Crippen LogP contribution >= 0.6 is 15.9 Å². The lowest BCUT2D eigenvalue weighted by Gasteiger charge is -2.07. The zero-order valence-corrected chi connectivity index (χ0v) is 11.4. The summed E-state index contributed by atoms with van der Waals surface area (Å²) in [6.45, 7) is 3.05. The van der Waals surface area contributed by atoms with Gasteiger partial charge in [-0.05, 0) is 35.8 Å². The van der Waals surface area contributed by atoms with Crippen LogP contribution in [0.3, 0.4) is 0 Å². The molecule has 0 saturated carbocycles. The van der Waals surface area contributed by atoms with E-state index in [1.54, 1.807) is 6.92 Å². The van der Waals surface area contributed by atoms with Gasteiger partial charge in [0, 0.05) is 5.56 Å². The number of carbonyl (C=O) groups is 2. The van der Waals surface area contributed by atoms with Crippen molar-refractivity contribution in [1.29, 1.82) is 0 Å². The normalized spacial score (nSPS) is 10.3. The molecule has 0 bridgehead atoms. The van der Waals surface area contributed by atoms with Crippen molar-refractivity contribution in [3.05, 3.63) is 33.3 Å². The van der Waals surface area contributed by atoms with E-state index < -0.39 is 35.4 Å². The molecule has 1 aromatic carbocycles. The van der Waals surface area contributed by atoms with Crippen LogP contribution < -0.4 is 0 Å². The molecule has 0 atom stereocenters. The number of hydrogen-bond acceptors (Lipinski definition) is 3. The SMILES string of the molecule is CCOC(=O)CC(=O)c1cc(F)c(Br)c(C)c1F. The van der Waals surface area contributed by atoms with Crippen LogP contribution in [-0.4, -0.2) is 18.4 Å². The molecule has 98 valence electrons. The molecule has 0 aliphatic carbocycles. The molecule has 0 aromatic heterocycles.